The summed E-state index contributed by atoms with van der Waals surface area (Å²) in [6.45, 7) is 2.72. The summed E-state index contributed by atoms with van der Waals surface area (Å²) < 4.78 is 22.9. The van der Waals surface area contributed by atoms with Gasteiger partial charge in [-0.2, -0.15) is 0 Å². The van der Waals surface area contributed by atoms with Crippen LogP contribution >= 0.6 is 0 Å². The fraction of sp³-hybridized carbons (Fsp3) is 0.812. The van der Waals surface area contributed by atoms with Crippen molar-refractivity contribution in [1.82, 2.24) is 5.32 Å². The van der Waals surface area contributed by atoms with Crippen LogP contribution in [-0.4, -0.2) is 140 Å². The molecule has 94 heavy (non-hydrogen) atoms. The quantitative estimate of drug-likeness (QED) is 0.0204. The lowest BCUT2D eigenvalue weighted by molar-refractivity contribution is -0.359. The van der Waals surface area contributed by atoms with Gasteiger partial charge >= 0.3 is 0 Å². The lowest BCUT2D eigenvalue weighted by Gasteiger charge is -2.46. The van der Waals surface area contributed by atoms with E-state index in [1.54, 1.807) is 6.08 Å². The maximum Gasteiger partial charge on any atom is 0.220 e. The smallest absolute Gasteiger partial charge is 0.220 e. The van der Waals surface area contributed by atoms with Crippen LogP contribution in [0.5, 0.6) is 0 Å². The fourth-order valence-corrected chi connectivity index (χ4v) is 12.5. The highest BCUT2D eigenvalue weighted by molar-refractivity contribution is 5.76. The monoisotopic (exact) mass is 1330 g/mol. The third-order valence-electron chi connectivity index (χ3n) is 18.6. The molecule has 0 aromatic rings. The van der Waals surface area contributed by atoms with E-state index >= 15 is 0 Å². The number of carbonyl (C=O) groups excluding carboxylic acids is 1. The maximum atomic E-state index is 13.4. The Hall–Kier alpha value is -2.83. The number of aliphatic hydroxyl groups is 8. The van der Waals surface area contributed by atoms with Gasteiger partial charge in [0.2, 0.25) is 5.91 Å². The van der Waals surface area contributed by atoms with Gasteiger partial charge in [-0.1, -0.05) is 330 Å². The van der Waals surface area contributed by atoms with E-state index in [0.717, 1.165) is 77.0 Å². The van der Waals surface area contributed by atoms with Gasteiger partial charge in [0.1, 0.15) is 48.8 Å². The molecule has 12 unspecified atom stereocenters. The van der Waals surface area contributed by atoms with Gasteiger partial charge < -0.3 is 65.1 Å². The van der Waals surface area contributed by atoms with Crippen LogP contribution in [0.1, 0.15) is 322 Å². The van der Waals surface area contributed by atoms with Crippen LogP contribution in [0.15, 0.2) is 85.1 Å². The zero-order chi connectivity index (χ0) is 68.0. The van der Waals surface area contributed by atoms with E-state index in [9.17, 15) is 45.6 Å². The Balaban J connectivity index is 1.59. The van der Waals surface area contributed by atoms with Crippen molar-refractivity contribution in [3.05, 3.63) is 85.1 Å². The molecule has 0 aliphatic carbocycles. The zero-order valence-electron chi connectivity index (χ0n) is 59.7. The molecular formula is C80H143NO13. The highest BCUT2D eigenvalue weighted by atomic mass is 16.7. The van der Waals surface area contributed by atoms with Crippen LogP contribution in [-0.2, 0) is 23.7 Å². The number of aliphatic hydroxyl groups excluding tert-OH is 8. The van der Waals surface area contributed by atoms with Crippen LogP contribution in [0.3, 0.4) is 0 Å². The predicted octanol–water partition coefficient (Wildman–Crippen LogP) is 17.1. The molecule has 2 saturated heterocycles. The summed E-state index contributed by atoms with van der Waals surface area (Å²) in [6, 6.07) is -0.917. The highest BCUT2D eigenvalue weighted by Gasteiger charge is 2.51. The lowest BCUT2D eigenvalue weighted by atomic mass is 9.97. The van der Waals surface area contributed by atoms with Crippen LogP contribution in [0, 0.1) is 0 Å². The van der Waals surface area contributed by atoms with Crippen molar-refractivity contribution in [3.8, 4) is 0 Å². The average molecular weight is 1330 g/mol. The second-order valence-corrected chi connectivity index (χ2v) is 27.1. The summed E-state index contributed by atoms with van der Waals surface area (Å²) in [5.41, 5.74) is 0. The van der Waals surface area contributed by atoms with Crippen LogP contribution in [0.2, 0.25) is 0 Å². The van der Waals surface area contributed by atoms with E-state index < -0.39 is 86.8 Å². The van der Waals surface area contributed by atoms with E-state index in [1.165, 1.54) is 218 Å². The van der Waals surface area contributed by atoms with Crippen molar-refractivity contribution in [3.63, 3.8) is 0 Å². The molecule has 9 N–H and O–H groups in total. The summed E-state index contributed by atoms with van der Waals surface area (Å²) in [7, 11) is 0. The molecule has 0 aromatic heterocycles. The summed E-state index contributed by atoms with van der Waals surface area (Å²) in [5.74, 6) is -0.235. The van der Waals surface area contributed by atoms with E-state index in [0.29, 0.717) is 6.42 Å². The SMILES string of the molecule is CC/C=C\C/C=C\C/C=C\C/C=C\C/C=C\C/C=C\CCCCCCCCCCCCCCCCCCCCCCC(=O)NC(COC1OC(CO)C(OC2OC(CO)C(O)C(O)C2O)C(O)C1O)C(O)/C=C/CCCCCCCCCCCCCCCCCCCCC. The molecule has 2 heterocycles. The maximum absolute atomic E-state index is 13.4. The van der Waals surface area contributed by atoms with Crippen LogP contribution in [0.25, 0.3) is 0 Å². The van der Waals surface area contributed by atoms with Crippen molar-refractivity contribution < 1.29 is 64.6 Å². The second kappa shape index (κ2) is 63.6. The largest absolute Gasteiger partial charge is 0.394 e. The van der Waals surface area contributed by atoms with Gasteiger partial charge in [-0.3, -0.25) is 4.79 Å². The third kappa shape index (κ3) is 46.4. The van der Waals surface area contributed by atoms with Crippen molar-refractivity contribution in [2.75, 3.05) is 19.8 Å². The van der Waals surface area contributed by atoms with E-state index in [4.69, 9.17) is 18.9 Å². The molecule has 2 rings (SSSR count). The number of carbonyl (C=O) groups is 1. The first-order valence-corrected chi connectivity index (χ1v) is 38.8. The molecule has 2 aliphatic rings. The molecule has 0 saturated carbocycles. The minimum absolute atomic E-state index is 0.235. The van der Waals surface area contributed by atoms with Crippen LogP contribution < -0.4 is 5.32 Å². The van der Waals surface area contributed by atoms with Crippen molar-refractivity contribution in [1.29, 1.82) is 0 Å². The first-order valence-electron chi connectivity index (χ1n) is 38.8. The number of allylic oxidation sites excluding steroid dienone is 13. The molecule has 2 aliphatic heterocycles. The normalized spacial score (nSPS) is 22.9. The Kier molecular flexibility index (Phi) is 59.0. The molecule has 14 nitrogen and oxygen atoms in total. The minimum atomic E-state index is -1.79. The summed E-state index contributed by atoms with van der Waals surface area (Å²) in [5, 5.41) is 87.6. The summed E-state index contributed by atoms with van der Waals surface area (Å²) in [4.78, 5) is 13.4. The van der Waals surface area contributed by atoms with Gasteiger partial charge in [-0.25, -0.2) is 0 Å². The first kappa shape index (κ1) is 87.3. The third-order valence-corrected chi connectivity index (χ3v) is 18.6. The molecule has 0 spiro atoms. The molecule has 0 bridgehead atoms. The predicted molar refractivity (Wildman–Crippen MR) is 387 cm³/mol. The Bertz CT molecular complexity index is 1900. The van der Waals surface area contributed by atoms with Gasteiger partial charge in [-0.15, -0.1) is 0 Å². The van der Waals surface area contributed by atoms with Gasteiger partial charge in [0.05, 0.1) is 32.0 Å². The van der Waals surface area contributed by atoms with E-state index in [-0.39, 0.29) is 18.9 Å². The van der Waals surface area contributed by atoms with Crippen LogP contribution in [0.4, 0.5) is 0 Å². The molecule has 12 atom stereocenters. The zero-order valence-corrected chi connectivity index (χ0v) is 59.7. The number of ether oxygens (including phenoxy) is 4. The lowest BCUT2D eigenvalue weighted by Crippen LogP contribution is -2.65. The Labute approximate surface area is 573 Å². The highest BCUT2D eigenvalue weighted by Crippen LogP contribution is 2.30. The molecule has 14 heteroatoms. The first-order chi connectivity index (χ1) is 46.1. The Morgan fingerprint density at radius 3 is 1.13 bits per heavy atom. The fourth-order valence-electron chi connectivity index (χ4n) is 12.5. The average Bonchev–Trinajstić information content (AvgIpc) is 0.794. The van der Waals surface area contributed by atoms with Gasteiger partial charge in [0.25, 0.3) is 0 Å². The number of nitrogens with one attached hydrogen (secondary N) is 1. The minimum Gasteiger partial charge on any atom is -0.394 e. The van der Waals surface area contributed by atoms with Crippen molar-refractivity contribution in [2.24, 2.45) is 0 Å². The van der Waals surface area contributed by atoms with Crippen molar-refractivity contribution >= 4 is 5.91 Å². The number of unbranched alkanes of at least 4 members (excludes halogenated alkanes) is 39. The number of hydrogen-bond donors (Lipinski definition) is 9. The Morgan fingerprint density at radius 2 is 0.734 bits per heavy atom. The number of amides is 1. The summed E-state index contributed by atoms with van der Waals surface area (Å²) in [6.07, 6.45) is 72.2. The summed E-state index contributed by atoms with van der Waals surface area (Å²) >= 11 is 0. The molecule has 1 amide bonds. The van der Waals surface area contributed by atoms with Crippen molar-refractivity contribution in [2.45, 2.75) is 396 Å². The molecule has 0 aromatic carbocycles. The van der Waals surface area contributed by atoms with E-state index in [1.807, 2.05) is 6.08 Å². The van der Waals surface area contributed by atoms with Gasteiger partial charge in [0, 0.05) is 6.42 Å². The molecule has 0 radical (unpaired) electrons. The molecular weight excluding hydrogens is 1180 g/mol. The number of hydrogen-bond acceptors (Lipinski definition) is 13. The van der Waals surface area contributed by atoms with Gasteiger partial charge in [0.15, 0.2) is 12.6 Å². The Morgan fingerprint density at radius 1 is 0.394 bits per heavy atom. The standard InChI is InChI=1S/C80H143NO13/c1-3-5-7-9-11-13-15-17-19-21-23-25-26-27-28-29-30-31-32-33-34-35-36-37-38-39-40-41-42-44-46-48-50-52-54-56-58-60-62-64-72(85)81-68(69(84)63-61-59-57-55-53-51-49-47-45-43-24-22-20-18-16-14-12-10-8-6-4-2)67-91-79-77(90)75(88)78(71(66-83)93-79)94-80-76(89)74(87)73(86)70(65-82)92-80/h5,7,11,13,17,19,23,25,27-28,30-31,61,63,68-71,73-80,82-84,86-90H,3-4,6,8-10,12,14-16,18,20-22,24,26,29,32-60,62,64-67H2,1-2H3,(H,81,85)/b7-5-,13-11-,19-17-,25-23-,28-27-,31-30-,63-61+. The topological polar surface area (TPSA) is 228 Å². The molecule has 546 valence electrons. The van der Waals surface area contributed by atoms with Gasteiger partial charge in [-0.05, 0) is 70.6 Å². The second-order valence-electron chi connectivity index (χ2n) is 27.1. The number of rotatable bonds is 64. The van der Waals surface area contributed by atoms with E-state index in [2.05, 4.69) is 92.1 Å². The molecule has 2 fully saturated rings.